The van der Waals surface area contributed by atoms with E-state index in [1.807, 2.05) is 18.7 Å². The Labute approximate surface area is 297 Å². The van der Waals surface area contributed by atoms with Crippen molar-refractivity contribution >= 4 is 45.1 Å². The monoisotopic (exact) mass is 712 g/mol. The number of phenolic OH excluding ortho intramolecular Hbond substituents is 2. The van der Waals surface area contributed by atoms with Crippen molar-refractivity contribution in [1.29, 1.82) is 0 Å². The number of amides is 1. The minimum absolute atomic E-state index is 0.0643. The van der Waals surface area contributed by atoms with E-state index in [0.29, 0.717) is 83.0 Å². The van der Waals surface area contributed by atoms with Gasteiger partial charge in [-0.3, -0.25) is 4.79 Å². The minimum Gasteiger partial charge on any atom is -0.507 e. The lowest BCUT2D eigenvalue weighted by molar-refractivity contribution is -0.141. The summed E-state index contributed by atoms with van der Waals surface area (Å²) in [6, 6.07) is 22.0. The molecule has 1 atom stereocenters. The number of carbonyl (C=O) groups is 1. The van der Waals surface area contributed by atoms with Crippen molar-refractivity contribution in [2.45, 2.75) is 26.4 Å². The number of aromatic hydroxyl groups is 2. The second-order valence-electron chi connectivity index (χ2n) is 12.5. The summed E-state index contributed by atoms with van der Waals surface area (Å²) in [6.45, 7) is 5.78. The summed E-state index contributed by atoms with van der Waals surface area (Å²) >= 11 is 6.04. The molecular formula is C38H35ClF2N6O4. The van der Waals surface area contributed by atoms with Crippen LogP contribution in [-0.4, -0.2) is 78.3 Å². The van der Waals surface area contributed by atoms with Crippen molar-refractivity contribution in [3.05, 3.63) is 102 Å². The molecule has 0 spiro atoms. The first-order valence-electron chi connectivity index (χ1n) is 16.4. The number of carbonyl (C=O) groups excluding carboxylic acids is 1. The fraction of sp³-hybridized carbons (Fsp3) is 0.237. The molecule has 0 aliphatic carbocycles. The first kappa shape index (κ1) is 35.4. The molecule has 13 heteroatoms. The molecule has 6 aromatic rings. The number of aliphatic hydroxyl groups is 1. The van der Waals surface area contributed by atoms with E-state index in [9.17, 15) is 28.9 Å². The van der Waals surface area contributed by atoms with Crippen LogP contribution < -0.4 is 4.90 Å². The smallest absolute Gasteiger partial charge is 0.251 e. The molecule has 4 aromatic carbocycles. The number of anilines is 1. The molecule has 0 radical (unpaired) electrons. The zero-order valence-electron chi connectivity index (χ0n) is 27.8. The van der Waals surface area contributed by atoms with Crippen LogP contribution in [0.5, 0.6) is 11.5 Å². The maximum atomic E-state index is 14.0. The highest BCUT2D eigenvalue weighted by Crippen LogP contribution is 2.33. The highest BCUT2D eigenvalue weighted by Gasteiger charge is 2.28. The number of aromatic nitrogens is 4. The number of rotatable bonds is 6. The summed E-state index contributed by atoms with van der Waals surface area (Å²) in [4.78, 5) is 33.8. The van der Waals surface area contributed by atoms with Crippen molar-refractivity contribution in [1.82, 2.24) is 24.8 Å². The number of piperazine rings is 1. The first-order chi connectivity index (χ1) is 24.5. The van der Waals surface area contributed by atoms with Crippen molar-refractivity contribution in [3.63, 3.8) is 0 Å². The topological polar surface area (TPSA) is 136 Å². The lowest BCUT2D eigenvalue weighted by atomic mass is 10.0. The van der Waals surface area contributed by atoms with E-state index >= 15 is 0 Å². The van der Waals surface area contributed by atoms with Crippen molar-refractivity contribution in [2.24, 2.45) is 5.92 Å². The van der Waals surface area contributed by atoms with Gasteiger partial charge in [-0.15, -0.1) is 0 Å². The van der Waals surface area contributed by atoms with Crippen molar-refractivity contribution < 1.29 is 28.9 Å². The number of fused-ring (bicyclic) bond motifs is 2. The molecule has 262 valence electrons. The average Bonchev–Trinajstić information content (AvgIpc) is 3.11. The predicted molar refractivity (Wildman–Crippen MR) is 192 cm³/mol. The molecule has 10 nitrogen and oxygen atoms in total. The Morgan fingerprint density at radius 2 is 1.25 bits per heavy atom. The quantitative estimate of drug-likeness (QED) is 0.156. The number of halogens is 3. The van der Waals surface area contributed by atoms with E-state index in [-0.39, 0.29) is 34.3 Å². The lowest BCUT2D eigenvalue weighted by Gasteiger charge is -2.37. The van der Waals surface area contributed by atoms with Gasteiger partial charge in [0.1, 0.15) is 40.2 Å². The Morgan fingerprint density at radius 1 is 0.745 bits per heavy atom. The third kappa shape index (κ3) is 7.97. The van der Waals surface area contributed by atoms with Crippen LogP contribution in [0.2, 0.25) is 5.15 Å². The van der Waals surface area contributed by atoms with Crippen molar-refractivity contribution in [2.75, 3.05) is 31.1 Å². The number of hydrogen-bond donors (Lipinski definition) is 3. The molecule has 1 amide bonds. The minimum atomic E-state index is -0.997. The SMILES string of the molecule is CC(C)C[C@@H](O)C(=O)N1CCN(c2nc(-c3ccccc3O)nc3ccc(F)cc23)CC1.Oc1ccccc1-c1nc(Cl)c2cc(F)ccc2n1. The molecule has 1 saturated heterocycles. The predicted octanol–water partition coefficient (Wildman–Crippen LogP) is 6.99. The van der Waals surface area contributed by atoms with Crippen LogP contribution in [0, 0.1) is 17.6 Å². The van der Waals surface area contributed by atoms with Gasteiger partial charge in [0.2, 0.25) is 0 Å². The van der Waals surface area contributed by atoms with Crippen molar-refractivity contribution in [3.8, 4) is 34.3 Å². The van der Waals surface area contributed by atoms with E-state index < -0.39 is 11.9 Å². The maximum Gasteiger partial charge on any atom is 0.251 e. The van der Waals surface area contributed by atoms with Gasteiger partial charge in [0.15, 0.2) is 11.6 Å². The molecule has 7 rings (SSSR count). The molecule has 1 fully saturated rings. The summed E-state index contributed by atoms with van der Waals surface area (Å²) in [5.41, 5.74) is 2.07. The number of phenols is 2. The third-order valence-corrected chi connectivity index (χ3v) is 8.70. The fourth-order valence-corrected chi connectivity index (χ4v) is 6.08. The summed E-state index contributed by atoms with van der Waals surface area (Å²) in [5, 5.41) is 31.4. The molecular weight excluding hydrogens is 678 g/mol. The largest absolute Gasteiger partial charge is 0.507 e. The lowest BCUT2D eigenvalue weighted by Crippen LogP contribution is -2.52. The molecule has 0 unspecified atom stereocenters. The molecule has 3 N–H and O–H groups in total. The fourth-order valence-electron chi connectivity index (χ4n) is 5.85. The van der Waals surface area contributed by atoms with Gasteiger partial charge in [-0.25, -0.2) is 28.7 Å². The first-order valence-corrected chi connectivity index (χ1v) is 16.7. The van der Waals surface area contributed by atoms with Gasteiger partial charge >= 0.3 is 0 Å². The van der Waals surface area contributed by atoms with Gasteiger partial charge in [-0.2, -0.15) is 0 Å². The van der Waals surface area contributed by atoms with Crippen LogP contribution in [0.25, 0.3) is 44.6 Å². The summed E-state index contributed by atoms with van der Waals surface area (Å²) in [6.07, 6.45) is -0.568. The number of hydrogen-bond acceptors (Lipinski definition) is 9. The average molecular weight is 713 g/mol. The molecule has 0 bridgehead atoms. The number of nitrogens with zero attached hydrogens (tertiary/aromatic N) is 6. The molecule has 0 saturated carbocycles. The standard InChI is InChI=1S/C24H27FN4O3.C14H8ClFN2O/c1-15(2)13-21(31)24(32)29-11-9-28(10-12-29)23-18-14-16(25)7-8-19(18)26-22(27-23)17-5-3-4-6-20(17)30;15-13-10-7-8(16)5-6-11(10)17-14(18-13)9-3-1-2-4-12(9)19/h3-8,14-15,21,30-31H,9-13H2,1-2H3;1-7,19H/t21-;/m1./s1. The number of benzene rings is 4. The Bertz CT molecular complexity index is 2210. The Morgan fingerprint density at radius 3 is 1.80 bits per heavy atom. The zero-order chi connectivity index (χ0) is 36.2. The van der Waals surface area contributed by atoms with Crippen LogP contribution in [0.1, 0.15) is 20.3 Å². The Balaban J connectivity index is 0.000000200. The van der Waals surface area contributed by atoms with Crippen LogP contribution in [0.4, 0.5) is 14.6 Å². The molecule has 1 aliphatic heterocycles. The highest BCUT2D eigenvalue weighted by molar-refractivity contribution is 6.34. The van der Waals surface area contributed by atoms with E-state index in [4.69, 9.17) is 11.6 Å². The summed E-state index contributed by atoms with van der Waals surface area (Å²) in [7, 11) is 0. The number of para-hydroxylation sites is 2. The highest BCUT2D eigenvalue weighted by atomic mass is 35.5. The normalized spacial score (nSPS) is 13.7. The van der Waals surface area contributed by atoms with Gasteiger partial charge in [0.05, 0.1) is 22.2 Å². The maximum absolute atomic E-state index is 14.0. The van der Waals surface area contributed by atoms with Gasteiger partial charge in [0, 0.05) is 37.0 Å². The van der Waals surface area contributed by atoms with Gasteiger partial charge in [-0.1, -0.05) is 49.7 Å². The van der Waals surface area contributed by atoms with E-state index in [1.165, 1.54) is 30.3 Å². The molecule has 51 heavy (non-hydrogen) atoms. The van der Waals surface area contributed by atoms with Crippen LogP contribution in [-0.2, 0) is 4.79 Å². The Hall–Kier alpha value is -5.46. The van der Waals surface area contributed by atoms with Crippen LogP contribution in [0.15, 0.2) is 84.9 Å². The zero-order valence-corrected chi connectivity index (χ0v) is 28.6. The second-order valence-corrected chi connectivity index (χ2v) is 12.9. The van der Waals surface area contributed by atoms with Gasteiger partial charge < -0.3 is 25.1 Å². The van der Waals surface area contributed by atoms with E-state index in [2.05, 4.69) is 19.9 Å². The third-order valence-electron chi connectivity index (χ3n) is 8.41. The number of aliphatic hydroxyl groups excluding tert-OH is 1. The molecule has 3 heterocycles. The summed E-state index contributed by atoms with van der Waals surface area (Å²) < 4.78 is 27.2. The van der Waals surface area contributed by atoms with Gasteiger partial charge in [0.25, 0.3) is 5.91 Å². The second kappa shape index (κ2) is 15.2. The van der Waals surface area contributed by atoms with Crippen LogP contribution in [0.3, 0.4) is 0 Å². The van der Waals surface area contributed by atoms with Gasteiger partial charge in [-0.05, 0) is 73.0 Å². The van der Waals surface area contributed by atoms with Crippen LogP contribution >= 0.6 is 11.6 Å². The van der Waals surface area contributed by atoms with E-state index in [0.717, 1.165) is 0 Å². The molecule has 2 aromatic heterocycles. The Kier molecular flexibility index (Phi) is 10.5. The molecule has 1 aliphatic rings. The van der Waals surface area contributed by atoms with E-state index in [1.54, 1.807) is 59.5 Å². The summed E-state index contributed by atoms with van der Waals surface area (Å²) in [5.74, 6) is 0.538.